The van der Waals surface area contributed by atoms with E-state index in [4.69, 9.17) is 9.73 Å². The van der Waals surface area contributed by atoms with Crippen LogP contribution in [0.25, 0.3) is 10.9 Å². The van der Waals surface area contributed by atoms with Gasteiger partial charge in [0.15, 0.2) is 5.96 Å². The number of aliphatic imine (C=N–C) groups is 1. The van der Waals surface area contributed by atoms with Gasteiger partial charge in [-0.3, -0.25) is 4.99 Å². The smallest absolute Gasteiger partial charge is 0.191 e. The van der Waals surface area contributed by atoms with Crippen LogP contribution in [0.5, 0.6) is 0 Å². The van der Waals surface area contributed by atoms with Crippen molar-refractivity contribution in [3.8, 4) is 0 Å². The van der Waals surface area contributed by atoms with Crippen LogP contribution in [0.1, 0.15) is 37.6 Å². The van der Waals surface area contributed by atoms with Crippen molar-refractivity contribution in [2.24, 2.45) is 4.99 Å². The van der Waals surface area contributed by atoms with E-state index in [0.717, 1.165) is 63.7 Å². The molecule has 0 spiro atoms. The van der Waals surface area contributed by atoms with Crippen molar-refractivity contribution in [3.63, 3.8) is 0 Å². The normalized spacial score (nSPS) is 16.7. The van der Waals surface area contributed by atoms with Crippen LogP contribution in [0, 0.1) is 0 Å². The molecule has 4 rings (SSSR count). The zero-order valence-corrected chi connectivity index (χ0v) is 21.0. The average Bonchev–Trinajstić information content (AvgIpc) is 3.44. The summed E-state index contributed by atoms with van der Waals surface area (Å²) in [5.41, 5.74) is 2.50. The molecule has 0 radical (unpaired) electrons. The number of aromatic nitrogens is 4. The van der Waals surface area contributed by atoms with E-state index in [1.54, 1.807) is 6.33 Å². The summed E-state index contributed by atoms with van der Waals surface area (Å²) in [5, 5.41) is 16.4. The summed E-state index contributed by atoms with van der Waals surface area (Å²) in [5.74, 6) is 1.84. The van der Waals surface area contributed by atoms with E-state index < -0.39 is 0 Å². The van der Waals surface area contributed by atoms with Gasteiger partial charge in [0.1, 0.15) is 12.2 Å². The Morgan fingerprint density at radius 2 is 2.12 bits per heavy atom. The Morgan fingerprint density at radius 1 is 1.25 bits per heavy atom. The molecule has 9 heteroatoms. The fraction of sp³-hybridized carbons (Fsp3) is 0.522. The van der Waals surface area contributed by atoms with Crippen molar-refractivity contribution in [1.82, 2.24) is 30.4 Å². The second kappa shape index (κ2) is 12.8. The summed E-state index contributed by atoms with van der Waals surface area (Å²) < 4.78 is 7.93. The molecule has 1 fully saturated rings. The summed E-state index contributed by atoms with van der Waals surface area (Å²) in [6, 6.07) is 8.42. The van der Waals surface area contributed by atoms with Crippen LogP contribution in [0.3, 0.4) is 0 Å². The minimum atomic E-state index is 0. The molecule has 2 aromatic heterocycles. The first-order chi connectivity index (χ1) is 15.3. The number of ether oxygens (including phenoxy) is 1. The lowest BCUT2D eigenvalue weighted by Gasteiger charge is -2.21. The van der Waals surface area contributed by atoms with Gasteiger partial charge in [-0.2, -0.15) is 0 Å². The highest BCUT2D eigenvalue weighted by atomic mass is 127. The molecular weight excluding hydrogens is 517 g/mol. The SMILES string of the molecule is CCc1nncn1CCNC(=NCC1CCCCO1)NCCc1c[nH]c2ccccc12.I. The number of para-hydroxylation sites is 1. The Morgan fingerprint density at radius 3 is 2.97 bits per heavy atom. The number of fused-ring (bicyclic) bond motifs is 1. The zero-order chi connectivity index (χ0) is 21.3. The quantitative estimate of drug-likeness (QED) is 0.216. The molecule has 32 heavy (non-hydrogen) atoms. The molecule has 0 saturated carbocycles. The van der Waals surface area contributed by atoms with Gasteiger partial charge in [0.2, 0.25) is 0 Å². The van der Waals surface area contributed by atoms with Gasteiger partial charge in [0.25, 0.3) is 0 Å². The molecule has 8 nitrogen and oxygen atoms in total. The Hall–Kier alpha value is -2.14. The fourth-order valence-electron chi connectivity index (χ4n) is 4.01. The minimum absolute atomic E-state index is 0. The molecule has 1 aliphatic heterocycles. The van der Waals surface area contributed by atoms with Crippen molar-refractivity contribution < 1.29 is 4.74 Å². The maximum Gasteiger partial charge on any atom is 0.191 e. The lowest BCUT2D eigenvalue weighted by atomic mass is 10.1. The number of aromatic amines is 1. The van der Waals surface area contributed by atoms with Gasteiger partial charge >= 0.3 is 0 Å². The van der Waals surface area contributed by atoms with Crippen molar-refractivity contribution in [1.29, 1.82) is 0 Å². The van der Waals surface area contributed by atoms with Crippen molar-refractivity contribution in [2.75, 3.05) is 26.2 Å². The van der Waals surface area contributed by atoms with Gasteiger partial charge in [-0.05, 0) is 37.3 Å². The number of halogens is 1. The molecule has 1 saturated heterocycles. The maximum atomic E-state index is 5.85. The second-order valence-corrected chi connectivity index (χ2v) is 7.94. The van der Waals surface area contributed by atoms with Gasteiger partial charge in [-0.25, -0.2) is 0 Å². The van der Waals surface area contributed by atoms with Crippen LogP contribution in [0.15, 0.2) is 41.8 Å². The van der Waals surface area contributed by atoms with Gasteiger partial charge in [0.05, 0.1) is 12.6 Å². The summed E-state index contributed by atoms with van der Waals surface area (Å²) in [6.45, 7) is 6.01. The predicted octanol–water partition coefficient (Wildman–Crippen LogP) is 3.29. The number of nitrogens with zero attached hydrogens (tertiary/aromatic N) is 4. The zero-order valence-electron chi connectivity index (χ0n) is 18.7. The summed E-state index contributed by atoms with van der Waals surface area (Å²) in [6.07, 6.45) is 9.40. The molecule has 3 heterocycles. The van der Waals surface area contributed by atoms with Crippen molar-refractivity contribution in [2.45, 2.75) is 51.7 Å². The number of aryl methyl sites for hydroxylation is 1. The van der Waals surface area contributed by atoms with Crippen molar-refractivity contribution in [3.05, 3.63) is 48.2 Å². The molecule has 174 valence electrons. The first kappa shape index (κ1) is 24.5. The van der Waals surface area contributed by atoms with Gasteiger partial charge in [0, 0.05) is 49.8 Å². The van der Waals surface area contributed by atoms with Gasteiger partial charge in [-0.15, -0.1) is 34.2 Å². The molecule has 3 N–H and O–H groups in total. The second-order valence-electron chi connectivity index (χ2n) is 7.94. The fourth-order valence-corrected chi connectivity index (χ4v) is 4.01. The number of hydrogen-bond acceptors (Lipinski definition) is 4. The third-order valence-electron chi connectivity index (χ3n) is 5.75. The number of rotatable bonds is 9. The third-order valence-corrected chi connectivity index (χ3v) is 5.75. The largest absolute Gasteiger partial charge is 0.376 e. The topological polar surface area (TPSA) is 92.2 Å². The van der Waals surface area contributed by atoms with E-state index in [0.29, 0.717) is 6.54 Å². The number of benzene rings is 1. The first-order valence-corrected chi connectivity index (χ1v) is 11.4. The molecule has 0 aliphatic carbocycles. The Balaban J connectivity index is 0.00000289. The van der Waals surface area contributed by atoms with Crippen LogP contribution in [-0.2, 0) is 24.1 Å². The van der Waals surface area contributed by atoms with E-state index >= 15 is 0 Å². The molecule has 0 bridgehead atoms. The summed E-state index contributed by atoms with van der Waals surface area (Å²) >= 11 is 0. The van der Waals surface area contributed by atoms with Crippen LogP contribution < -0.4 is 10.6 Å². The minimum Gasteiger partial charge on any atom is -0.376 e. The third kappa shape index (κ3) is 6.68. The monoisotopic (exact) mass is 551 g/mol. The molecular formula is C23H34IN7O. The number of H-pyrrole nitrogens is 1. The van der Waals surface area contributed by atoms with E-state index in [-0.39, 0.29) is 30.1 Å². The highest BCUT2D eigenvalue weighted by molar-refractivity contribution is 14.0. The number of guanidine groups is 1. The predicted molar refractivity (Wildman–Crippen MR) is 139 cm³/mol. The average molecular weight is 551 g/mol. The summed E-state index contributed by atoms with van der Waals surface area (Å²) in [7, 11) is 0. The van der Waals surface area contributed by atoms with E-state index in [2.05, 4.69) is 67.8 Å². The van der Waals surface area contributed by atoms with Gasteiger partial charge in [-0.1, -0.05) is 25.1 Å². The van der Waals surface area contributed by atoms with E-state index in [1.165, 1.54) is 22.9 Å². The van der Waals surface area contributed by atoms with Crippen LogP contribution >= 0.6 is 24.0 Å². The van der Waals surface area contributed by atoms with Gasteiger partial charge < -0.3 is 24.9 Å². The molecule has 0 amide bonds. The lowest BCUT2D eigenvalue weighted by molar-refractivity contribution is 0.0224. The van der Waals surface area contributed by atoms with Crippen LogP contribution in [0.2, 0.25) is 0 Å². The molecule has 1 unspecified atom stereocenters. The Bertz CT molecular complexity index is 978. The van der Waals surface area contributed by atoms with Crippen molar-refractivity contribution >= 4 is 40.8 Å². The summed E-state index contributed by atoms with van der Waals surface area (Å²) in [4.78, 5) is 8.16. The molecule has 1 aromatic carbocycles. The first-order valence-electron chi connectivity index (χ1n) is 11.4. The maximum absolute atomic E-state index is 5.85. The number of nitrogens with one attached hydrogen (secondary N) is 3. The van der Waals surface area contributed by atoms with E-state index in [9.17, 15) is 0 Å². The highest BCUT2D eigenvalue weighted by Gasteiger charge is 2.13. The molecule has 1 aliphatic rings. The highest BCUT2D eigenvalue weighted by Crippen LogP contribution is 2.17. The standard InChI is InChI=1S/C23H33N7O.HI/c1-2-22-29-28-17-30(22)13-12-25-23(27-16-19-7-5-6-14-31-19)24-11-10-18-15-26-21-9-4-3-8-20(18)21;/h3-4,8-9,15,17,19,26H,2,5-7,10-14,16H2,1H3,(H2,24,25,27);1H. The molecule has 1 atom stereocenters. The lowest BCUT2D eigenvalue weighted by Crippen LogP contribution is -2.40. The Kier molecular flexibility index (Phi) is 9.79. The van der Waals surface area contributed by atoms with Crippen LogP contribution in [-0.4, -0.2) is 58.1 Å². The van der Waals surface area contributed by atoms with E-state index in [1.807, 2.05) is 0 Å². The number of hydrogen-bond donors (Lipinski definition) is 3. The molecule has 3 aromatic rings. The Labute approximate surface area is 206 Å². The van der Waals surface area contributed by atoms with Crippen LogP contribution in [0.4, 0.5) is 0 Å².